The molecule has 0 aromatic carbocycles. The Labute approximate surface area is 74.7 Å². The van der Waals surface area contributed by atoms with Crippen molar-refractivity contribution >= 4 is 0 Å². The third-order valence-electron chi connectivity index (χ3n) is 1.75. The smallest absolute Gasteiger partial charge is 0.328 e. The van der Waals surface area contributed by atoms with Gasteiger partial charge in [0.05, 0.1) is 0 Å². The summed E-state index contributed by atoms with van der Waals surface area (Å²) < 4.78 is 1.07. The van der Waals surface area contributed by atoms with Crippen LogP contribution in [0, 0.1) is 5.92 Å². The zero-order chi connectivity index (χ0) is 9.84. The molecule has 0 fully saturated rings. The first kappa shape index (κ1) is 9.73. The third kappa shape index (κ3) is 2.29. The van der Waals surface area contributed by atoms with E-state index >= 15 is 0 Å². The minimum absolute atomic E-state index is 0.0409. The van der Waals surface area contributed by atoms with Crippen LogP contribution in [0.3, 0.4) is 0 Å². The first-order chi connectivity index (χ1) is 6.15. The summed E-state index contributed by atoms with van der Waals surface area (Å²) in [4.78, 5) is 24.7. The van der Waals surface area contributed by atoms with Gasteiger partial charge in [-0.2, -0.15) is 0 Å². The van der Waals surface area contributed by atoms with Crippen LogP contribution in [0.5, 0.6) is 0 Å². The van der Waals surface area contributed by atoms with E-state index in [1.165, 1.54) is 12.3 Å². The van der Waals surface area contributed by atoms with E-state index in [4.69, 9.17) is 5.11 Å². The van der Waals surface area contributed by atoms with Crippen molar-refractivity contribution in [1.29, 1.82) is 0 Å². The molecule has 0 aliphatic rings. The fourth-order valence-corrected chi connectivity index (χ4v) is 0.995. The second-order valence-electron chi connectivity index (χ2n) is 3.02. The number of H-pyrrole nitrogens is 1. The molecule has 0 radical (unpaired) electrons. The van der Waals surface area contributed by atoms with Crippen molar-refractivity contribution in [1.82, 2.24) is 9.55 Å². The normalized spacial score (nSPS) is 12.8. The zero-order valence-corrected chi connectivity index (χ0v) is 7.36. The number of nitrogens with one attached hydrogen (secondary N) is 1. The van der Waals surface area contributed by atoms with E-state index in [1.807, 2.05) is 0 Å². The van der Waals surface area contributed by atoms with Gasteiger partial charge >= 0.3 is 5.69 Å². The Morgan fingerprint density at radius 1 is 1.62 bits per heavy atom. The van der Waals surface area contributed by atoms with Crippen LogP contribution < -0.4 is 11.2 Å². The standard InChI is InChI=1S/C8H12N2O3/c1-6(5-11)4-10-7(12)2-3-9-8(10)13/h2-3,6,11H,4-5H2,1H3,(H,9,13). The number of hydrogen-bond acceptors (Lipinski definition) is 3. The maximum atomic E-state index is 11.2. The highest BCUT2D eigenvalue weighted by Crippen LogP contribution is 1.92. The number of aliphatic hydroxyl groups is 1. The van der Waals surface area contributed by atoms with Crippen molar-refractivity contribution < 1.29 is 5.11 Å². The second-order valence-corrected chi connectivity index (χ2v) is 3.02. The largest absolute Gasteiger partial charge is 0.396 e. The molecule has 2 N–H and O–H groups in total. The molecule has 5 nitrogen and oxygen atoms in total. The number of aromatic nitrogens is 2. The van der Waals surface area contributed by atoms with Crippen LogP contribution in [0.15, 0.2) is 21.9 Å². The Morgan fingerprint density at radius 2 is 2.31 bits per heavy atom. The molecule has 1 aromatic rings. The summed E-state index contributed by atoms with van der Waals surface area (Å²) in [7, 11) is 0. The zero-order valence-electron chi connectivity index (χ0n) is 7.36. The summed E-state index contributed by atoms with van der Waals surface area (Å²) >= 11 is 0. The topological polar surface area (TPSA) is 75.1 Å². The molecule has 72 valence electrons. The van der Waals surface area contributed by atoms with Gasteiger partial charge in [0.25, 0.3) is 5.56 Å². The summed E-state index contributed by atoms with van der Waals surface area (Å²) in [5, 5.41) is 8.75. The van der Waals surface area contributed by atoms with E-state index in [9.17, 15) is 9.59 Å². The monoisotopic (exact) mass is 184 g/mol. The van der Waals surface area contributed by atoms with Gasteiger partial charge in [0.1, 0.15) is 0 Å². The van der Waals surface area contributed by atoms with Gasteiger partial charge in [-0.15, -0.1) is 0 Å². The molecule has 1 aromatic heterocycles. The third-order valence-corrected chi connectivity index (χ3v) is 1.75. The van der Waals surface area contributed by atoms with E-state index in [2.05, 4.69) is 4.98 Å². The minimum atomic E-state index is -0.437. The van der Waals surface area contributed by atoms with Crippen molar-refractivity contribution in [3.63, 3.8) is 0 Å². The average Bonchev–Trinajstić information content (AvgIpc) is 2.11. The molecule has 0 saturated carbocycles. The Bertz CT molecular complexity index is 351. The fourth-order valence-electron chi connectivity index (χ4n) is 0.995. The molecule has 0 aliphatic heterocycles. The van der Waals surface area contributed by atoms with E-state index < -0.39 is 5.69 Å². The molecule has 0 aliphatic carbocycles. The van der Waals surface area contributed by atoms with Gasteiger partial charge in [0.15, 0.2) is 0 Å². The molecule has 1 rings (SSSR count). The van der Waals surface area contributed by atoms with Crippen molar-refractivity contribution in [2.45, 2.75) is 13.5 Å². The van der Waals surface area contributed by atoms with Gasteiger partial charge in [-0.05, 0) is 5.92 Å². The van der Waals surface area contributed by atoms with Crippen molar-refractivity contribution in [2.24, 2.45) is 5.92 Å². The highest BCUT2D eigenvalue weighted by Gasteiger charge is 2.05. The van der Waals surface area contributed by atoms with Crippen LogP contribution in [0.1, 0.15) is 6.92 Å². The lowest BCUT2D eigenvalue weighted by Gasteiger charge is -2.08. The van der Waals surface area contributed by atoms with Gasteiger partial charge in [-0.3, -0.25) is 9.36 Å². The van der Waals surface area contributed by atoms with Crippen LogP contribution in [-0.4, -0.2) is 21.3 Å². The first-order valence-electron chi connectivity index (χ1n) is 4.04. The van der Waals surface area contributed by atoms with Gasteiger partial charge in [-0.25, -0.2) is 4.79 Å². The van der Waals surface area contributed by atoms with Gasteiger partial charge < -0.3 is 10.1 Å². The lowest BCUT2D eigenvalue weighted by atomic mass is 10.2. The fraction of sp³-hybridized carbons (Fsp3) is 0.500. The first-order valence-corrected chi connectivity index (χ1v) is 4.04. The molecule has 0 bridgehead atoms. The summed E-state index contributed by atoms with van der Waals surface area (Å²) in [6.45, 7) is 1.96. The molecule has 0 amide bonds. The van der Waals surface area contributed by atoms with Crippen LogP contribution in [-0.2, 0) is 6.54 Å². The number of nitrogens with zero attached hydrogens (tertiary/aromatic N) is 1. The lowest BCUT2D eigenvalue weighted by Crippen LogP contribution is -2.36. The van der Waals surface area contributed by atoms with Gasteiger partial charge in [-0.1, -0.05) is 6.92 Å². The quantitative estimate of drug-likeness (QED) is 0.643. The molecule has 1 unspecified atom stereocenters. The predicted molar refractivity (Wildman–Crippen MR) is 47.6 cm³/mol. The van der Waals surface area contributed by atoms with Crippen LogP contribution >= 0.6 is 0 Å². The maximum Gasteiger partial charge on any atom is 0.328 e. The van der Waals surface area contributed by atoms with E-state index in [0.717, 1.165) is 4.57 Å². The Balaban J connectivity index is 3.01. The number of rotatable bonds is 3. The Morgan fingerprint density at radius 3 is 2.85 bits per heavy atom. The second kappa shape index (κ2) is 4.04. The maximum absolute atomic E-state index is 11.2. The van der Waals surface area contributed by atoms with E-state index in [-0.39, 0.29) is 24.6 Å². The number of aromatic amines is 1. The van der Waals surface area contributed by atoms with Crippen LogP contribution in [0.2, 0.25) is 0 Å². The number of hydrogen-bond donors (Lipinski definition) is 2. The summed E-state index contributed by atoms with van der Waals surface area (Å²) in [6.07, 6.45) is 1.31. The SMILES string of the molecule is CC(CO)Cn1c(=O)cc[nH]c1=O. The highest BCUT2D eigenvalue weighted by molar-refractivity contribution is 4.83. The van der Waals surface area contributed by atoms with Gasteiger partial charge in [0.2, 0.25) is 0 Å². The summed E-state index contributed by atoms with van der Waals surface area (Å²) in [5.74, 6) is -0.0961. The highest BCUT2D eigenvalue weighted by atomic mass is 16.3. The lowest BCUT2D eigenvalue weighted by molar-refractivity contribution is 0.220. The Hall–Kier alpha value is -1.36. The minimum Gasteiger partial charge on any atom is -0.396 e. The molecule has 0 spiro atoms. The summed E-state index contributed by atoms with van der Waals surface area (Å²) in [6, 6.07) is 1.28. The van der Waals surface area contributed by atoms with Crippen LogP contribution in [0.25, 0.3) is 0 Å². The number of aliphatic hydroxyl groups excluding tert-OH is 1. The van der Waals surface area contributed by atoms with Crippen molar-refractivity contribution in [3.8, 4) is 0 Å². The van der Waals surface area contributed by atoms with Gasteiger partial charge in [0, 0.05) is 25.4 Å². The van der Waals surface area contributed by atoms with Crippen LogP contribution in [0.4, 0.5) is 0 Å². The summed E-state index contributed by atoms with van der Waals surface area (Å²) in [5.41, 5.74) is -0.781. The molecular formula is C8H12N2O3. The van der Waals surface area contributed by atoms with E-state index in [1.54, 1.807) is 6.92 Å². The molecule has 1 atom stereocenters. The van der Waals surface area contributed by atoms with E-state index in [0.29, 0.717) is 0 Å². The van der Waals surface area contributed by atoms with Crippen molar-refractivity contribution in [3.05, 3.63) is 33.1 Å². The molecular weight excluding hydrogens is 172 g/mol. The molecule has 1 heterocycles. The molecule has 13 heavy (non-hydrogen) atoms. The molecule has 0 saturated heterocycles. The molecule has 5 heteroatoms. The average molecular weight is 184 g/mol. The predicted octanol–water partition coefficient (Wildman–Crippen LogP) is -0.835. The Kier molecular flexibility index (Phi) is 3.02. The van der Waals surface area contributed by atoms with Crippen molar-refractivity contribution in [2.75, 3.05) is 6.61 Å².